The van der Waals surface area contributed by atoms with Crippen molar-refractivity contribution in [3.8, 4) is 5.75 Å². The van der Waals surface area contributed by atoms with Gasteiger partial charge in [0.2, 0.25) is 11.8 Å². The summed E-state index contributed by atoms with van der Waals surface area (Å²) >= 11 is 0. The quantitative estimate of drug-likeness (QED) is 0.706. The van der Waals surface area contributed by atoms with Crippen molar-refractivity contribution in [3.05, 3.63) is 29.3 Å². The first-order valence-corrected chi connectivity index (χ1v) is 6.73. The Balaban J connectivity index is 2.19. The summed E-state index contributed by atoms with van der Waals surface area (Å²) in [5.41, 5.74) is 7.28. The Kier molecular flexibility index (Phi) is 6.56. The summed E-state index contributed by atoms with van der Waals surface area (Å²) in [7, 11) is 0. The maximum absolute atomic E-state index is 11.5. The predicted octanol–water partition coefficient (Wildman–Crippen LogP) is 1.45. The van der Waals surface area contributed by atoms with E-state index in [-0.39, 0.29) is 11.8 Å². The summed E-state index contributed by atoms with van der Waals surface area (Å²) in [6.07, 6.45) is 1.15. The molecule has 3 N–H and O–H groups in total. The maximum Gasteiger partial charge on any atom is 0.223 e. The Morgan fingerprint density at radius 2 is 1.80 bits per heavy atom. The van der Waals surface area contributed by atoms with E-state index in [1.807, 2.05) is 26.0 Å². The van der Waals surface area contributed by atoms with Crippen LogP contribution in [0.4, 0.5) is 0 Å². The van der Waals surface area contributed by atoms with Gasteiger partial charge < -0.3 is 15.8 Å². The van der Waals surface area contributed by atoms with Gasteiger partial charge in [-0.15, -0.1) is 0 Å². The third-order valence-corrected chi connectivity index (χ3v) is 2.72. The van der Waals surface area contributed by atoms with Gasteiger partial charge >= 0.3 is 0 Å². The number of carbonyl (C=O) groups is 2. The molecule has 0 aliphatic rings. The number of aryl methyl sites for hydroxylation is 2. The highest BCUT2D eigenvalue weighted by Crippen LogP contribution is 2.16. The zero-order valence-electron chi connectivity index (χ0n) is 12.1. The largest absolute Gasteiger partial charge is 0.493 e. The van der Waals surface area contributed by atoms with Gasteiger partial charge in [-0.05, 0) is 43.5 Å². The van der Waals surface area contributed by atoms with Crippen molar-refractivity contribution < 1.29 is 14.3 Å². The molecule has 0 unspecified atom stereocenters. The lowest BCUT2D eigenvalue weighted by Gasteiger charge is -2.08. The molecule has 5 nitrogen and oxygen atoms in total. The lowest BCUT2D eigenvalue weighted by molar-refractivity contribution is -0.122. The third-order valence-electron chi connectivity index (χ3n) is 2.72. The molecule has 0 aliphatic heterocycles. The standard InChI is InChI=1S/C15H22N2O3/c1-11-8-12(2)10-13(9-11)20-7-5-15(19)17-6-3-4-14(16)18/h8-10H,3-7H2,1-2H3,(H2,16,18)(H,17,19). The van der Waals surface area contributed by atoms with Crippen LogP contribution in [0.5, 0.6) is 5.75 Å². The number of primary amides is 1. The molecule has 2 amide bonds. The van der Waals surface area contributed by atoms with Gasteiger partial charge in [-0.25, -0.2) is 0 Å². The molecular weight excluding hydrogens is 256 g/mol. The first-order valence-electron chi connectivity index (χ1n) is 6.73. The molecule has 1 rings (SSSR count). The number of amides is 2. The zero-order valence-corrected chi connectivity index (χ0v) is 12.1. The number of carbonyl (C=O) groups excluding carboxylic acids is 2. The SMILES string of the molecule is Cc1cc(C)cc(OCCC(=O)NCCCC(N)=O)c1. The topological polar surface area (TPSA) is 81.4 Å². The smallest absolute Gasteiger partial charge is 0.223 e. The number of hydrogen-bond donors (Lipinski definition) is 2. The average Bonchev–Trinajstić information content (AvgIpc) is 2.33. The van der Waals surface area contributed by atoms with Crippen molar-refractivity contribution >= 4 is 11.8 Å². The molecular formula is C15H22N2O3. The van der Waals surface area contributed by atoms with E-state index in [1.165, 1.54) is 0 Å². The van der Waals surface area contributed by atoms with E-state index in [1.54, 1.807) is 0 Å². The fraction of sp³-hybridized carbons (Fsp3) is 0.467. The predicted molar refractivity (Wildman–Crippen MR) is 77.5 cm³/mol. The molecule has 1 aromatic rings. The highest BCUT2D eigenvalue weighted by molar-refractivity contribution is 5.76. The van der Waals surface area contributed by atoms with Crippen LogP contribution in [0.15, 0.2) is 18.2 Å². The van der Waals surface area contributed by atoms with E-state index in [2.05, 4.69) is 11.4 Å². The third kappa shape index (κ3) is 6.78. The molecule has 0 aromatic heterocycles. The summed E-state index contributed by atoms with van der Waals surface area (Å²) in [6.45, 7) is 4.81. The average molecular weight is 278 g/mol. The minimum absolute atomic E-state index is 0.0844. The number of nitrogens with one attached hydrogen (secondary N) is 1. The van der Waals surface area contributed by atoms with Crippen molar-refractivity contribution in [2.75, 3.05) is 13.2 Å². The minimum Gasteiger partial charge on any atom is -0.493 e. The van der Waals surface area contributed by atoms with Crippen LogP contribution in [0.1, 0.15) is 30.4 Å². The first kappa shape index (κ1) is 16.0. The van der Waals surface area contributed by atoms with Crippen LogP contribution in [-0.2, 0) is 9.59 Å². The van der Waals surface area contributed by atoms with Gasteiger partial charge in [0.1, 0.15) is 5.75 Å². The number of hydrogen-bond acceptors (Lipinski definition) is 3. The highest BCUT2D eigenvalue weighted by Gasteiger charge is 2.03. The van der Waals surface area contributed by atoms with Gasteiger partial charge in [0.25, 0.3) is 0 Å². The summed E-state index contributed by atoms with van der Waals surface area (Å²) in [6, 6.07) is 5.95. The van der Waals surface area contributed by atoms with E-state index in [0.717, 1.165) is 16.9 Å². The van der Waals surface area contributed by atoms with E-state index in [0.29, 0.717) is 32.4 Å². The molecule has 0 spiro atoms. The second-order valence-corrected chi connectivity index (χ2v) is 4.84. The van der Waals surface area contributed by atoms with E-state index in [9.17, 15) is 9.59 Å². The van der Waals surface area contributed by atoms with Crippen LogP contribution in [0.2, 0.25) is 0 Å². The summed E-state index contributed by atoms with van der Waals surface area (Å²) in [5, 5.41) is 2.72. The second kappa shape index (κ2) is 8.19. The monoisotopic (exact) mass is 278 g/mol. The van der Waals surface area contributed by atoms with Crippen molar-refractivity contribution in [1.82, 2.24) is 5.32 Å². The van der Waals surface area contributed by atoms with Crippen LogP contribution < -0.4 is 15.8 Å². The van der Waals surface area contributed by atoms with E-state index in [4.69, 9.17) is 10.5 Å². The van der Waals surface area contributed by atoms with Crippen molar-refractivity contribution in [2.24, 2.45) is 5.73 Å². The zero-order chi connectivity index (χ0) is 15.0. The number of ether oxygens (including phenoxy) is 1. The van der Waals surface area contributed by atoms with Gasteiger partial charge in [0.05, 0.1) is 13.0 Å². The molecule has 110 valence electrons. The molecule has 5 heteroatoms. The van der Waals surface area contributed by atoms with Gasteiger partial charge in [0.15, 0.2) is 0 Å². The molecule has 0 saturated carbocycles. The highest BCUT2D eigenvalue weighted by atomic mass is 16.5. The molecule has 1 aromatic carbocycles. The Morgan fingerprint density at radius 1 is 1.15 bits per heavy atom. The van der Waals surface area contributed by atoms with Crippen LogP contribution in [0, 0.1) is 13.8 Å². The summed E-state index contributed by atoms with van der Waals surface area (Å²) in [4.78, 5) is 22.0. The molecule has 0 atom stereocenters. The van der Waals surface area contributed by atoms with Crippen LogP contribution in [0.3, 0.4) is 0 Å². The van der Waals surface area contributed by atoms with Crippen LogP contribution in [0.25, 0.3) is 0 Å². The Hall–Kier alpha value is -2.04. The van der Waals surface area contributed by atoms with Gasteiger partial charge in [-0.1, -0.05) is 6.07 Å². The van der Waals surface area contributed by atoms with Crippen molar-refractivity contribution in [2.45, 2.75) is 33.1 Å². The Labute approximate surface area is 119 Å². The summed E-state index contributed by atoms with van der Waals surface area (Å²) < 4.78 is 5.55. The van der Waals surface area contributed by atoms with Crippen molar-refractivity contribution in [1.29, 1.82) is 0 Å². The van der Waals surface area contributed by atoms with Crippen molar-refractivity contribution in [3.63, 3.8) is 0 Å². The maximum atomic E-state index is 11.5. The number of nitrogens with two attached hydrogens (primary N) is 1. The van der Waals surface area contributed by atoms with Gasteiger partial charge in [-0.2, -0.15) is 0 Å². The van der Waals surface area contributed by atoms with Gasteiger partial charge in [0, 0.05) is 13.0 Å². The Morgan fingerprint density at radius 3 is 2.40 bits per heavy atom. The molecule has 0 radical (unpaired) electrons. The molecule has 0 saturated heterocycles. The molecule has 0 bridgehead atoms. The molecule has 0 aliphatic carbocycles. The number of benzene rings is 1. The lowest BCUT2D eigenvalue weighted by atomic mass is 10.1. The van der Waals surface area contributed by atoms with E-state index < -0.39 is 0 Å². The Bertz CT molecular complexity index is 452. The first-order chi connectivity index (χ1) is 9.47. The van der Waals surface area contributed by atoms with Crippen LogP contribution in [-0.4, -0.2) is 25.0 Å². The fourth-order valence-electron chi connectivity index (χ4n) is 1.86. The minimum atomic E-state index is -0.350. The lowest BCUT2D eigenvalue weighted by Crippen LogP contribution is -2.26. The van der Waals surface area contributed by atoms with Gasteiger partial charge in [-0.3, -0.25) is 9.59 Å². The molecule has 0 fully saturated rings. The second-order valence-electron chi connectivity index (χ2n) is 4.84. The molecule has 0 heterocycles. The fourth-order valence-corrected chi connectivity index (χ4v) is 1.86. The summed E-state index contributed by atoms with van der Waals surface area (Å²) in [5.74, 6) is 0.347. The normalized spacial score (nSPS) is 10.1. The van der Waals surface area contributed by atoms with Crippen LogP contribution >= 0.6 is 0 Å². The molecule has 20 heavy (non-hydrogen) atoms. The number of rotatable bonds is 8. The van der Waals surface area contributed by atoms with E-state index >= 15 is 0 Å².